The number of likely N-dealkylation sites (tertiary alicyclic amines) is 1. The van der Waals surface area contributed by atoms with Crippen molar-refractivity contribution in [2.24, 2.45) is 16.6 Å². The maximum Gasteiger partial charge on any atom is 0.230 e. The molecule has 0 spiro atoms. The molecule has 110 valence electrons. The van der Waals surface area contributed by atoms with E-state index < -0.39 is 0 Å². The Morgan fingerprint density at radius 2 is 1.79 bits per heavy atom. The summed E-state index contributed by atoms with van der Waals surface area (Å²) in [4.78, 5) is 14.8. The average molecular weight is 268 g/mol. The first-order valence-corrected chi connectivity index (χ1v) is 7.62. The summed E-state index contributed by atoms with van der Waals surface area (Å²) in [6, 6.07) is 0. The summed E-state index contributed by atoms with van der Waals surface area (Å²) >= 11 is 0. The van der Waals surface area contributed by atoms with Gasteiger partial charge in [-0.2, -0.15) is 0 Å². The number of hydrogen-bond donors (Lipinski definition) is 1. The Morgan fingerprint density at radius 1 is 1.21 bits per heavy atom. The molecule has 1 amide bonds. The van der Waals surface area contributed by atoms with Crippen LogP contribution in [0, 0.1) is 10.8 Å². The Balaban J connectivity index is 2.00. The van der Waals surface area contributed by atoms with E-state index in [9.17, 15) is 4.79 Å². The predicted molar refractivity (Wildman–Crippen MR) is 75.8 cm³/mol. The fraction of sp³-hybridized carbons (Fsp3) is 0.933. The average Bonchev–Trinajstić information content (AvgIpc) is 2.48. The number of hydrogen-bond acceptors (Lipinski definition) is 3. The number of nitrogens with two attached hydrogens (primary N) is 1. The van der Waals surface area contributed by atoms with Gasteiger partial charge in [0.1, 0.15) is 0 Å². The lowest BCUT2D eigenvalue weighted by atomic mass is 9.75. The molecule has 2 N–H and O–H groups in total. The minimum Gasteiger partial charge on any atom is -0.381 e. The first-order chi connectivity index (χ1) is 9.05. The van der Waals surface area contributed by atoms with Crippen LogP contribution in [0.3, 0.4) is 0 Å². The van der Waals surface area contributed by atoms with E-state index in [0.717, 1.165) is 38.8 Å². The van der Waals surface area contributed by atoms with Crippen LogP contribution >= 0.6 is 0 Å². The van der Waals surface area contributed by atoms with Crippen LogP contribution in [0.2, 0.25) is 0 Å². The lowest BCUT2D eigenvalue weighted by Crippen LogP contribution is -2.53. The molecule has 0 aromatic heterocycles. The molecular weight excluding hydrogens is 240 g/mol. The number of piperidine rings is 1. The third kappa shape index (κ3) is 2.95. The monoisotopic (exact) mass is 268 g/mol. The molecule has 2 saturated heterocycles. The molecule has 0 radical (unpaired) electrons. The topological polar surface area (TPSA) is 55.6 Å². The quantitative estimate of drug-likeness (QED) is 0.849. The molecule has 0 bridgehead atoms. The summed E-state index contributed by atoms with van der Waals surface area (Å²) < 4.78 is 5.39. The summed E-state index contributed by atoms with van der Waals surface area (Å²) in [7, 11) is 0. The maximum absolute atomic E-state index is 12.8. The highest BCUT2D eigenvalue weighted by atomic mass is 16.5. The van der Waals surface area contributed by atoms with Gasteiger partial charge in [-0.15, -0.1) is 0 Å². The van der Waals surface area contributed by atoms with Crippen molar-refractivity contribution < 1.29 is 9.53 Å². The second-order valence-corrected chi connectivity index (χ2v) is 6.55. The van der Waals surface area contributed by atoms with Crippen molar-refractivity contribution in [3.63, 3.8) is 0 Å². The van der Waals surface area contributed by atoms with E-state index in [0.29, 0.717) is 25.2 Å². The lowest BCUT2D eigenvalue weighted by Gasteiger charge is -2.44. The third-order valence-corrected chi connectivity index (χ3v) is 5.41. The van der Waals surface area contributed by atoms with Gasteiger partial charge in [0.25, 0.3) is 0 Å². The number of amides is 1. The van der Waals surface area contributed by atoms with E-state index in [4.69, 9.17) is 10.5 Å². The molecule has 0 unspecified atom stereocenters. The van der Waals surface area contributed by atoms with E-state index in [-0.39, 0.29) is 11.3 Å². The Kier molecular flexibility index (Phi) is 4.51. The molecule has 2 heterocycles. The number of carbonyl (C=O) groups is 1. The SMILES string of the molecule is CCC1(C)CCN(C(=O)C2(CN)CCOCC2)CC1. The Hall–Kier alpha value is -0.610. The molecule has 2 fully saturated rings. The summed E-state index contributed by atoms with van der Waals surface area (Å²) in [5.41, 5.74) is 5.99. The molecule has 4 heteroatoms. The predicted octanol–water partition coefficient (Wildman–Crippen LogP) is 1.78. The first-order valence-electron chi connectivity index (χ1n) is 7.62. The fourth-order valence-electron chi connectivity index (χ4n) is 3.21. The number of rotatable bonds is 3. The molecule has 2 aliphatic heterocycles. The minimum absolute atomic E-state index is 0.274. The van der Waals surface area contributed by atoms with Gasteiger partial charge in [0, 0.05) is 32.8 Å². The molecule has 2 rings (SSSR count). The van der Waals surface area contributed by atoms with Gasteiger partial charge in [-0.25, -0.2) is 0 Å². The molecule has 0 aromatic rings. The van der Waals surface area contributed by atoms with Crippen molar-refractivity contribution in [2.75, 3.05) is 32.8 Å². The molecule has 0 atom stereocenters. The van der Waals surface area contributed by atoms with Crippen LogP contribution in [-0.2, 0) is 9.53 Å². The summed E-state index contributed by atoms with van der Waals surface area (Å²) in [6.45, 7) is 8.17. The molecule has 4 nitrogen and oxygen atoms in total. The summed E-state index contributed by atoms with van der Waals surface area (Å²) in [6.07, 6.45) is 5.00. The zero-order valence-electron chi connectivity index (χ0n) is 12.4. The van der Waals surface area contributed by atoms with Crippen LogP contribution in [0.15, 0.2) is 0 Å². The number of nitrogens with zero attached hydrogens (tertiary/aromatic N) is 1. The Labute approximate surface area is 116 Å². The van der Waals surface area contributed by atoms with Crippen LogP contribution in [-0.4, -0.2) is 43.7 Å². The van der Waals surface area contributed by atoms with E-state index in [1.807, 2.05) is 0 Å². The summed E-state index contributed by atoms with van der Waals surface area (Å²) in [5, 5.41) is 0. The van der Waals surface area contributed by atoms with Gasteiger partial charge in [0.2, 0.25) is 5.91 Å². The molecule has 2 aliphatic rings. The van der Waals surface area contributed by atoms with Crippen LogP contribution in [0.1, 0.15) is 46.0 Å². The highest BCUT2D eigenvalue weighted by Crippen LogP contribution is 2.37. The Bertz CT molecular complexity index is 316. The third-order valence-electron chi connectivity index (χ3n) is 5.41. The van der Waals surface area contributed by atoms with Crippen LogP contribution in [0.25, 0.3) is 0 Å². The first kappa shape index (κ1) is 14.8. The van der Waals surface area contributed by atoms with Crippen molar-refractivity contribution in [1.29, 1.82) is 0 Å². The molecule has 0 aliphatic carbocycles. The zero-order valence-corrected chi connectivity index (χ0v) is 12.4. The van der Waals surface area contributed by atoms with Crippen molar-refractivity contribution in [1.82, 2.24) is 4.90 Å². The van der Waals surface area contributed by atoms with Crippen LogP contribution in [0.5, 0.6) is 0 Å². The number of carbonyl (C=O) groups excluding carboxylic acids is 1. The molecule has 19 heavy (non-hydrogen) atoms. The van der Waals surface area contributed by atoms with Crippen molar-refractivity contribution in [3.8, 4) is 0 Å². The van der Waals surface area contributed by atoms with E-state index in [2.05, 4.69) is 18.7 Å². The van der Waals surface area contributed by atoms with E-state index >= 15 is 0 Å². The molecule has 0 aromatic carbocycles. The number of ether oxygens (including phenoxy) is 1. The van der Waals surface area contributed by atoms with Gasteiger partial charge in [-0.1, -0.05) is 20.3 Å². The van der Waals surface area contributed by atoms with Gasteiger partial charge in [-0.3, -0.25) is 4.79 Å². The van der Waals surface area contributed by atoms with Crippen LogP contribution in [0.4, 0.5) is 0 Å². The van der Waals surface area contributed by atoms with E-state index in [1.165, 1.54) is 6.42 Å². The van der Waals surface area contributed by atoms with Gasteiger partial charge in [0.05, 0.1) is 5.41 Å². The highest BCUT2D eigenvalue weighted by Gasteiger charge is 2.43. The standard InChI is InChI=1S/C15H28N2O2/c1-3-14(2)4-8-17(9-5-14)13(18)15(12-16)6-10-19-11-7-15/h3-12,16H2,1-2H3. The minimum atomic E-state index is -0.349. The van der Waals surface area contributed by atoms with Gasteiger partial charge >= 0.3 is 0 Å². The zero-order chi connectivity index (χ0) is 13.9. The maximum atomic E-state index is 12.8. The molecule has 0 saturated carbocycles. The Morgan fingerprint density at radius 3 is 2.26 bits per heavy atom. The normalized spacial score (nSPS) is 26.2. The second kappa shape index (κ2) is 5.80. The van der Waals surface area contributed by atoms with E-state index in [1.54, 1.807) is 0 Å². The lowest BCUT2D eigenvalue weighted by molar-refractivity contribution is -0.149. The van der Waals surface area contributed by atoms with Crippen molar-refractivity contribution >= 4 is 5.91 Å². The fourth-order valence-corrected chi connectivity index (χ4v) is 3.21. The van der Waals surface area contributed by atoms with Gasteiger partial charge in [-0.05, 0) is 31.1 Å². The molecular formula is C15H28N2O2. The van der Waals surface area contributed by atoms with Gasteiger partial charge < -0.3 is 15.4 Å². The van der Waals surface area contributed by atoms with Crippen molar-refractivity contribution in [2.45, 2.75) is 46.0 Å². The largest absolute Gasteiger partial charge is 0.381 e. The van der Waals surface area contributed by atoms with Gasteiger partial charge in [0.15, 0.2) is 0 Å². The van der Waals surface area contributed by atoms with Crippen molar-refractivity contribution in [3.05, 3.63) is 0 Å². The second-order valence-electron chi connectivity index (χ2n) is 6.55. The summed E-state index contributed by atoms with van der Waals surface area (Å²) in [5.74, 6) is 0.274. The smallest absolute Gasteiger partial charge is 0.230 e. The van der Waals surface area contributed by atoms with Crippen LogP contribution < -0.4 is 5.73 Å². The highest BCUT2D eigenvalue weighted by molar-refractivity contribution is 5.83.